The number of hydrogen-bond donors (Lipinski definition) is 0. The smallest absolute Gasteiger partial charge is 0.272 e. The summed E-state index contributed by atoms with van der Waals surface area (Å²) >= 11 is 9.41. The number of nitrogens with zero attached hydrogens (tertiary/aromatic N) is 2. The lowest BCUT2D eigenvalue weighted by molar-refractivity contribution is 0.558. The van der Waals surface area contributed by atoms with Crippen molar-refractivity contribution in [3.05, 3.63) is 69.5 Å². The molecule has 0 atom stereocenters. The molecule has 0 aliphatic rings. The number of unbranched alkanes of at least 4 members (excludes halogenated alkanes) is 1. The predicted molar refractivity (Wildman–Crippen MR) is 117 cm³/mol. The summed E-state index contributed by atoms with van der Waals surface area (Å²) in [7, 11) is 0. The predicted octanol–water partition coefficient (Wildman–Crippen LogP) is 6.36. The molecule has 138 valence electrons. The fraction of sp³-hybridized carbons (Fsp3) is 0.238. The Morgan fingerprint density at radius 1 is 1.15 bits per heavy atom. The van der Waals surface area contributed by atoms with Crippen molar-refractivity contribution in [1.82, 2.24) is 9.55 Å². The Balaban J connectivity index is 1.82. The van der Waals surface area contributed by atoms with E-state index in [9.17, 15) is 4.79 Å². The fourth-order valence-corrected chi connectivity index (χ4v) is 5.43. The van der Waals surface area contributed by atoms with Gasteiger partial charge in [-0.15, -0.1) is 11.3 Å². The first-order valence-corrected chi connectivity index (χ1v) is 11.2. The second kappa shape index (κ2) is 8.05. The Labute approximate surface area is 171 Å². The van der Waals surface area contributed by atoms with Crippen molar-refractivity contribution in [2.75, 3.05) is 0 Å². The van der Waals surface area contributed by atoms with Gasteiger partial charge in [-0.1, -0.05) is 73.1 Å². The van der Waals surface area contributed by atoms with E-state index in [1.54, 1.807) is 11.8 Å². The van der Waals surface area contributed by atoms with Crippen LogP contribution in [0.1, 0.15) is 25.3 Å². The Bertz CT molecular complexity index is 1170. The lowest BCUT2D eigenvalue weighted by Crippen LogP contribution is -2.22. The van der Waals surface area contributed by atoms with Gasteiger partial charge in [0.1, 0.15) is 4.70 Å². The Kier molecular flexibility index (Phi) is 5.53. The quantitative estimate of drug-likeness (QED) is 0.272. The zero-order chi connectivity index (χ0) is 18.8. The van der Waals surface area contributed by atoms with Gasteiger partial charge in [-0.2, -0.15) is 0 Å². The van der Waals surface area contributed by atoms with Crippen molar-refractivity contribution < 1.29 is 0 Å². The zero-order valence-corrected chi connectivity index (χ0v) is 17.3. The molecule has 0 N–H and O–H groups in total. The molecule has 0 fully saturated rings. The standard InChI is InChI=1S/C21H19ClN2OS2/c1-2-3-12-24-20(25)19-18(15-9-5-7-11-17(15)27-19)23-21(24)26-13-14-8-4-6-10-16(14)22/h4-11H,2-3,12-13H2,1H3. The molecule has 0 unspecified atom stereocenters. The molecule has 0 spiro atoms. The van der Waals surface area contributed by atoms with Gasteiger partial charge in [0.25, 0.3) is 5.56 Å². The van der Waals surface area contributed by atoms with Gasteiger partial charge in [-0.25, -0.2) is 4.98 Å². The fourth-order valence-electron chi connectivity index (χ4n) is 3.03. The molecular formula is C21H19ClN2OS2. The van der Waals surface area contributed by atoms with Crippen molar-refractivity contribution in [2.24, 2.45) is 0 Å². The minimum absolute atomic E-state index is 0.0660. The second-order valence-electron chi connectivity index (χ2n) is 6.36. The van der Waals surface area contributed by atoms with Crippen molar-refractivity contribution in [1.29, 1.82) is 0 Å². The number of thiophene rings is 1. The maximum atomic E-state index is 13.2. The van der Waals surface area contributed by atoms with Gasteiger partial charge in [0.15, 0.2) is 5.16 Å². The third-order valence-corrected chi connectivity index (χ3v) is 7.04. The summed E-state index contributed by atoms with van der Waals surface area (Å²) in [5.41, 5.74) is 1.93. The summed E-state index contributed by atoms with van der Waals surface area (Å²) < 4.78 is 3.68. The lowest BCUT2D eigenvalue weighted by Gasteiger charge is -2.12. The maximum absolute atomic E-state index is 13.2. The molecular weight excluding hydrogens is 396 g/mol. The summed E-state index contributed by atoms with van der Waals surface area (Å²) in [6.07, 6.45) is 1.99. The van der Waals surface area contributed by atoms with E-state index < -0.39 is 0 Å². The monoisotopic (exact) mass is 414 g/mol. The van der Waals surface area contributed by atoms with E-state index in [0.717, 1.165) is 48.9 Å². The number of fused-ring (bicyclic) bond motifs is 3. The van der Waals surface area contributed by atoms with Gasteiger partial charge in [0.05, 0.1) is 5.52 Å². The number of thioether (sulfide) groups is 1. The van der Waals surface area contributed by atoms with Crippen molar-refractivity contribution in [3.63, 3.8) is 0 Å². The van der Waals surface area contributed by atoms with E-state index in [-0.39, 0.29) is 5.56 Å². The molecule has 0 saturated heterocycles. The van der Waals surface area contributed by atoms with E-state index in [0.29, 0.717) is 12.3 Å². The molecule has 0 amide bonds. The number of rotatable bonds is 6. The SMILES string of the molecule is CCCCn1c(SCc2ccccc2Cl)nc2c(sc3ccccc32)c1=O. The minimum Gasteiger partial charge on any atom is -0.286 e. The first-order chi connectivity index (χ1) is 13.2. The van der Waals surface area contributed by atoms with Crippen LogP contribution in [0.3, 0.4) is 0 Å². The topological polar surface area (TPSA) is 34.9 Å². The molecule has 4 aromatic rings. The highest BCUT2D eigenvalue weighted by Crippen LogP contribution is 2.33. The van der Waals surface area contributed by atoms with Crippen LogP contribution in [0.25, 0.3) is 20.3 Å². The summed E-state index contributed by atoms with van der Waals surface area (Å²) in [6, 6.07) is 15.9. The number of halogens is 1. The molecule has 0 aliphatic heterocycles. The summed E-state index contributed by atoms with van der Waals surface area (Å²) in [4.78, 5) is 18.1. The number of aromatic nitrogens is 2. The normalized spacial score (nSPS) is 11.5. The van der Waals surface area contributed by atoms with E-state index in [1.807, 2.05) is 53.1 Å². The average molecular weight is 415 g/mol. The highest BCUT2D eigenvalue weighted by atomic mass is 35.5. The molecule has 2 aromatic carbocycles. The molecule has 0 aliphatic carbocycles. The van der Waals surface area contributed by atoms with Crippen LogP contribution in [-0.4, -0.2) is 9.55 Å². The van der Waals surface area contributed by atoms with Crippen molar-refractivity contribution in [3.8, 4) is 0 Å². The molecule has 0 saturated carbocycles. The van der Waals surface area contributed by atoms with Crippen LogP contribution in [-0.2, 0) is 12.3 Å². The molecule has 4 rings (SSSR count). The van der Waals surface area contributed by atoms with Gasteiger partial charge in [0, 0.05) is 27.4 Å². The third kappa shape index (κ3) is 3.64. The van der Waals surface area contributed by atoms with Crippen LogP contribution in [0.4, 0.5) is 0 Å². The molecule has 27 heavy (non-hydrogen) atoms. The van der Waals surface area contributed by atoms with Crippen LogP contribution >= 0.6 is 34.7 Å². The summed E-state index contributed by atoms with van der Waals surface area (Å²) in [5.74, 6) is 0.686. The number of benzene rings is 2. The minimum atomic E-state index is 0.0660. The summed E-state index contributed by atoms with van der Waals surface area (Å²) in [5, 5.41) is 2.57. The Morgan fingerprint density at radius 2 is 1.93 bits per heavy atom. The number of hydrogen-bond acceptors (Lipinski definition) is 4. The van der Waals surface area contributed by atoms with Gasteiger partial charge < -0.3 is 0 Å². The van der Waals surface area contributed by atoms with E-state index in [1.165, 1.54) is 11.3 Å². The molecule has 2 heterocycles. The van der Waals surface area contributed by atoms with E-state index in [4.69, 9.17) is 16.6 Å². The van der Waals surface area contributed by atoms with Crippen LogP contribution in [0.5, 0.6) is 0 Å². The Morgan fingerprint density at radius 3 is 2.74 bits per heavy atom. The largest absolute Gasteiger partial charge is 0.286 e. The van der Waals surface area contributed by atoms with Crippen LogP contribution < -0.4 is 5.56 Å². The highest BCUT2D eigenvalue weighted by molar-refractivity contribution is 7.98. The first kappa shape index (κ1) is 18.5. The Hall–Kier alpha value is -1.82. The van der Waals surface area contributed by atoms with Crippen LogP contribution in [0.15, 0.2) is 58.5 Å². The van der Waals surface area contributed by atoms with Crippen molar-refractivity contribution >= 4 is 55.0 Å². The second-order valence-corrected chi connectivity index (χ2v) is 8.76. The third-order valence-electron chi connectivity index (χ3n) is 4.50. The van der Waals surface area contributed by atoms with Gasteiger partial charge in [0.2, 0.25) is 0 Å². The van der Waals surface area contributed by atoms with Crippen LogP contribution in [0, 0.1) is 0 Å². The summed E-state index contributed by atoms with van der Waals surface area (Å²) in [6.45, 7) is 2.82. The molecule has 2 aromatic heterocycles. The van der Waals surface area contributed by atoms with E-state index in [2.05, 4.69) is 6.92 Å². The van der Waals surface area contributed by atoms with Gasteiger partial charge in [-0.05, 0) is 24.1 Å². The van der Waals surface area contributed by atoms with Gasteiger partial charge >= 0.3 is 0 Å². The molecule has 0 radical (unpaired) electrons. The molecule has 6 heteroatoms. The highest BCUT2D eigenvalue weighted by Gasteiger charge is 2.16. The van der Waals surface area contributed by atoms with Gasteiger partial charge in [-0.3, -0.25) is 9.36 Å². The maximum Gasteiger partial charge on any atom is 0.272 e. The van der Waals surface area contributed by atoms with Crippen LogP contribution in [0.2, 0.25) is 5.02 Å². The average Bonchev–Trinajstić information content (AvgIpc) is 3.06. The molecule has 3 nitrogen and oxygen atoms in total. The van der Waals surface area contributed by atoms with E-state index >= 15 is 0 Å². The zero-order valence-electron chi connectivity index (χ0n) is 14.9. The molecule has 0 bridgehead atoms. The van der Waals surface area contributed by atoms with Crippen molar-refractivity contribution in [2.45, 2.75) is 37.2 Å². The first-order valence-electron chi connectivity index (χ1n) is 8.97. The lowest BCUT2D eigenvalue weighted by atomic mass is 10.2.